The average Bonchev–Trinajstić information content (AvgIpc) is 2.30. The van der Waals surface area contributed by atoms with Crippen LogP contribution in [-0.2, 0) is 0 Å². The van der Waals surface area contributed by atoms with Crippen molar-refractivity contribution in [3.8, 4) is 0 Å². The maximum Gasteiger partial charge on any atom is 0.00881 e. The molecule has 2 heteroatoms. The summed E-state index contributed by atoms with van der Waals surface area (Å²) in [4.78, 5) is 0. The molecule has 0 heterocycles. The molecule has 0 amide bonds. The van der Waals surface area contributed by atoms with Gasteiger partial charge in [0.05, 0.1) is 0 Å². The fourth-order valence-corrected chi connectivity index (χ4v) is 3.15. The second kappa shape index (κ2) is 4.52. The summed E-state index contributed by atoms with van der Waals surface area (Å²) in [6.07, 6.45) is 2.57. The normalized spacial score (nSPS) is 36.2. The molecule has 0 radical (unpaired) electrons. The third kappa shape index (κ3) is 2.67. The van der Waals surface area contributed by atoms with Crippen molar-refractivity contribution < 1.29 is 0 Å². The van der Waals surface area contributed by atoms with Crippen molar-refractivity contribution in [2.45, 2.75) is 44.9 Å². The summed E-state index contributed by atoms with van der Waals surface area (Å²) in [5.74, 6) is 2.84. The Kier molecular flexibility index (Phi) is 3.91. The topological polar surface area (TPSA) is 26.0 Å². The van der Waals surface area contributed by atoms with E-state index < -0.39 is 0 Å². The lowest BCUT2D eigenvalue weighted by atomic mass is 10.1. The smallest absolute Gasteiger partial charge is 0.00881 e. The van der Waals surface area contributed by atoms with E-state index in [-0.39, 0.29) is 0 Å². The molecule has 0 aromatic carbocycles. The maximum atomic E-state index is 5.96. The summed E-state index contributed by atoms with van der Waals surface area (Å²) >= 11 is 2.12. The minimum atomic E-state index is 0.467. The van der Waals surface area contributed by atoms with Crippen molar-refractivity contribution in [1.82, 2.24) is 0 Å². The maximum absolute atomic E-state index is 5.96. The lowest BCUT2D eigenvalue weighted by Crippen LogP contribution is -2.26. The molecule has 2 N–H and O–H groups in total. The highest BCUT2D eigenvalue weighted by Crippen LogP contribution is 2.34. The van der Waals surface area contributed by atoms with Gasteiger partial charge in [-0.2, -0.15) is 11.8 Å². The second-order valence-electron chi connectivity index (χ2n) is 4.37. The summed E-state index contributed by atoms with van der Waals surface area (Å²) in [7, 11) is 0. The SMILES string of the molecule is CC(C)CSC1CCC(N)C1C. The number of hydrogen-bond acceptors (Lipinski definition) is 2. The summed E-state index contributed by atoms with van der Waals surface area (Å²) in [5.41, 5.74) is 5.96. The zero-order chi connectivity index (χ0) is 9.14. The van der Waals surface area contributed by atoms with Crippen LogP contribution in [0.3, 0.4) is 0 Å². The molecule has 0 spiro atoms. The Morgan fingerprint density at radius 2 is 2.08 bits per heavy atom. The zero-order valence-corrected chi connectivity index (χ0v) is 9.23. The van der Waals surface area contributed by atoms with Gasteiger partial charge in [0.1, 0.15) is 0 Å². The van der Waals surface area contributed by atoms with E-state index in [2.05, 4.69) is 32.5 Å². The monoisotopic (exact) mass is 187 g/mol. The fourth-order valence-electron chi connectivity index (χ4n) is 1.71. The molecule has 0 saturated heterocycles. The van der Waals surface area contributed by atoms with Crippen LogP contribution in [0.25, 0.3) is 0 Å². The molecule has 1 aliphatic rings. The van der Waals surface area contributed by atoms with Crippen molar-refractivity contribution in [3.63, 3.8) is 0 Å². The number of nitrogens with two attached hydrogens (primary N) is 1. The molecular formula is C10H21NS. The lowest BCUT2D eigenvalue weighted by molar-refractivity contribution is 0.534. The van der Waals surface area contributed by atoms with Crippen LogP contribution in [-0.4, -0.2) is 17.0 Å². The standard InChI is InChI=1S/C10H21NS/c1-7(2)6-12-10-5-4-9(11)8(10)3/h7-10H,4-6,11H2,1-3H3. The molecule has 0 bridgehead atoms. The van der Waals surface area contributed by atoms with Gasteiger partial charge in [-0.05, 0) is 30.4 Å². The number of thioether (sulfide) groups is 1. The second-order valence-corrected chi connectivity index (χ2v) is 5.64. The van der Waals surface area contributed by atoms with Gasteiger partial charge < -0.3 is 5.73 Å². The van der Waals surface area contributed by atoms with E-state index in [1.807, 2.05) is 0 Å². The van der Waals surface area contributed by atoms with Gasteiger partial charge >= 0.3 is 0 Å². The molecule has 3 atom stereocenters. The van der Waals surface area contributed by atoms with Crippen LogP contribution in [0.5, 0.6) is 0 Å². The third-order valence-electron chi connectivity index (χ3n) is 2.69. The molecule has 12 heavy (non-hydrogen) atoms. The molecule has 1 fully saturated rings. The van der Waals surface area contributed by atoms with Crippen LogP contribution in [0.15, 0.2) is 0 Å². The van der Waals surface area contributed by atoms with E-state index in [9.17, 15) is 0 Å². The Labute approximate surface area is 80.5 Å². The number of hydrogen-bond donors (Lipinski definition) is 1. The zero-order valence-electron chi connectivity index (χ0n) is 8.42. The molecule has 1 aliphatic carbocycles. The van der Waals surface area contributed by atoms with Crippen LogP contribution in [0.1, 0.15) is 33.6 Å². The first-order chi connectivity index (χ1) is 5.61. The molecule has 1 saturated carbocycles. The van der Waals surface area contributed by atoms with Crippen LogP contribution in [0.4, 0.5) is 0 Å². The Morgan fingerprint density at radius 3 is 2.50 bits per heavy atom. The molecular weight excluding hydrogens is 166 g/mol. The highest BCUT2D eigenvalue weighted by atomic mass is 32.2. The molecule has 1 rings (SSSR count). The van der Waals surface area contributed by atoms with Gasteiger partial charge in [-0.15, -0.1) is 0 Å². The van der Waals surface area contributed by atoms with Gasteiger partial charge in [0.2, 0.25) is 0 Å². The van der Waals surface area contributed by atoms with E-state index in [1.165, 1.54) is 18.6 Å². The van der Waals surface area contributed by atoms with Gasteiger partial charge in [-0.3, -0.25) is 0 Å². The quantitative estimate of drug-likeness (QED) is 0.734. The minimum absolute atomic E-state index is 0.467. The Morgan fingerprint density at radius 1 is 1.42 bits per heavy atom. The predicted octanol–water partition coefficient (Wildman–Crippen LogP) is 2.50. The Hall–Kier alpha value is 0.310. The van der Waals surface area contributed by atoms with E-state index in [0.29, 0.717) is 6.04 Å². The average molecular weight is 187 g/mol. The van der Waals surface area contributed by atoms with E-state index in [4.69, 9.17) is 5.73 Å². The summed E-state index contributed by atoms with van der Waals surface area (Å²) < 4.78 is 0. The lowest BCUT2D eigenvalue weighted by Gasteiger charge is -2.18. The van der Waals surface area contributed by atoms with Gasteiger partial charge in [-0.25, -0.2) is 0 Å². The predicted molar refractivity (Wildman–Crippen MR) is 57.5 cm³/mol. The van der Waals surface area contributed by atoms with Gasteiger partial charge in [0, 0.05) is 11.3 Å². The molecule has 1 nitrogen and oxygen atoms in total. The van der Waals surface area contributed by atoms with Crippen molar-refractivity contribution in [3.05, 3.63) is 0 Å². The third-order valence-corrected chi connectivity index (χ3v) is 4.64. The van der Waals surface area contributed by atoms with Crippen molar-refractivity contribution in [2.75, 3.05) is 5.75 Å². The first-order valence-electron chi connectivity index (χ1n) is 4.98. The summed E-state index contributed by atoms with van der Waals surface area (Å²) in [5, 5.41) is 0.836. The van der Waals surface area contributed by atoms with Crippen LogP contribution in [0, 0.1) is 11.8 Å². The minimum Gasteiger partial charge on any atom is -0.327 e. The Balaban J connectivity index is 2.24. The molecule has 0 aliphatic heterocycles. The van der Waals surface area contributed by atoms with Gasteiger partial charge in [0.25, 0.3) is 0 Å². The van der Waals surface area contributed by atoms with Gasteiger partial charge in [0.15, 0.2) is 0 Å². The highest BCUT2D eigenvalue weighted by Gasteiger charge is 2.30. The van der Waals surface area contributed by atoms with E-state index >= 15 is 0 Å². The van der Waals surface area contributed by atoms with E-state index in [1.54, 1.807) is 0 Å². The van der Waals surface area contributed by atoms with Crippen LogP contribution >= 0.6 is 11.8 Å². The first kappa shape index (κ1) is 10.4. The van der Waals surface area contributed by atoms with E-state index in [0.717, 1.165) is 17.1 Å². The Bertz CT molecular complexity index is 136. The number of rotatable bonds is 3. The van der Waals surface area contributed by atoms with Crippen LogP contribution in [0.2, 0.25) is 0 Å². The van der Waals surface area contributed by atoms with Crippen molar-refractivity contribution in [2.24, 2.45) is 17.6 Å². The molecule has 0 aromatic heterocycles. The van der Waals surface area contributed by atoms with Gasteiger partial charge in [-0.1, -0.05) is 20.8 Å². The summed E-state index contributed by atoms with van der Waals surface area (Å²) in [6.45, 7) is 6.87. The molecule has 0 aromatic rings. The largest absolute Gasteiger partial charge is 0.327 e. The first-order valence-corrected chi connectivity index (χ1v) is 6.03. The van der Waals surface area contributed by atoms with Crippen molar-refractivity contribution >= 4 is 11.8 Å². The molecule has 72 valence electrons. The van der Waals surface area contributed by atoms with Crippen molar-refractivity contribution in [1.29, 1.82) is 0 Å². The molecule has 3 unspecified atom stereocenters. The highest BCUT2D eigenvalue weighted by molar-refractivity contribution is 7.99. The fraction of sp³-hybridized carbons (Fsp3) is 1.00. The summed E-state index contributed by atoms with van der Waals surface area (Å²) in [6, 6.07) is 0.467. The van der Waals surface area contributed by atoms with Crippen LogP contribution < -0.4 is 5.73 Å².